The fraction of sp³-hybridized carbons (Fsp3) is 0.320. The lowest BCUT2D eigenvalue weighted by atomic mass is 10.0. The van der Waals surface area contributed by atoms with Crippen molar-refractivity contribution in [1.29, 1.82) is 0 Å². The zero-order valence-corrected chi connectivity index (χ0v) is 20.0. The van der Waals surface area contributed by atoms with Crippen LogP contribution in [0.5, 0.6) is 0 Å². The van der Waals surface area contributed by atoms with Gasteiger partial charge in [0.2, 0.25) is 0 Å². The molecule has 1 amide bonds. The third-order valence-corrected chi connectivity index (χ3v) is 6.75. The number of aryl methyl sites for hydroxylation is 1. The van der Waals surface area contributed by atoms with E-state index in [4.69, 9.17) is 0 Å². The first-order valence-corrected chi connectivity index (χ1v) is 11.9. The average Bonchev–Trinajstić information content (AvgIpc) is 3.35. The van der Waals surface area contributed by atoms with Crippen molar-refractivity contribution >= 4 is 39.8 Å². The van der Waals surface area contributed by atoms with Gasteiger partial charge in [0.15, 0.2) is 5.17 Å². The highest BCUT2D eigenvalue weighted by Crippen LogP contribution is 2.32. The number of aromatic nitrogens is 2. The Balaban J connectivity index is 1.54. The molecule has 4 rings (SSSR count). The summed E-state index contributed by atoms with van der Waals surface area (Å²) < 4.78 is 40.6. The molecule has 0 saturated heterocycles. The zero-order chi connectivity index (χ0) is 24.5. The normalized spacial score (nSPS) is 15.4. The topological polar surface area (TPSA) is 50.5 Å². The molecule has 178 valence electrons. The molecular formula is C25H25F3N4OS. The van der Waals surface area contributed by atoms with Crippen LogP contribution in [0, 0.1) is 6.92 Å². The molecule has 3 aromatic rings. The highest BCUT2D eigenvalue weighted by Gasteiger charge is 2.30. The van der Waals surface area contributed by atoms with Crippen molar-refractivity contribution in [3.63, 3.8) is 0 Å². The summed E-state index contributed by atoms with van der Waals surface area (Å²) in [6.45, 7) is 7.83. The van der Waals surface area contributed by atoms with Crippen molar-refractivity contribution in [3.05, 3.63) is 69.8 Å². The maximum atomic E-state index is 13.0. The van der Waals surface area contributed by atoms with Gasteiger partial charge in [-0.3, -0.25) is 9.48 Å². The Morgan fingerprint density at radius 2 is 1.94 bits per heavy atom. The van der Waals surface area contributed by atoms with Crippen LogP contribution in [-0.2, 0) is 17.5 Å². The first-order chi connectivity index (χ1) is 16.2. The number of benzene rings is 2. The number of alkyl halides is 3. The van der Waals surface area contributed by atoms with Gasteiger partial charge in [-0.25, -0.2) is 0 Å². The van der Waals surface area contributed by atoms with Crippen molar-refractivity contribution in [1.82, 2.24) is 14.7 Å². The minimum absolute atomic E-state index is 0.233. The van der Waals surface area contributed by atoms with E-state index in [-0.39, 0.29) is 5.91 Å². The summed E-state index contributed by atoms with van der Waals surface area (Å²) in [4.78, 5) is 19.3. The molecule has 9 heteroatoms. The largest absolute Gasteiger partial charge is 0.416 e. The minimum atomic E-state index is -4.36. The van der Waals surface area contributed by atoms with Crippen LogP contribution in [0.4, 0.5) is 13.2 Å². The van der Waals surface area contributed by atoms with Gasteiger partial charge in [-0.15, -0.1) is 0 Å². The monoisotopic (exact) mass is 486 g/mol. The molecule has 34 heavy (non-hydrogen) atoms. The number of hydrogen-bond acceptors (Lipinski definition) is 4. The van der Waals surface area contributed by atoms with E-state index in [1.165, 1.54) is 17.8 Å². The number of amidine groups is 1. The Morgan fingerprint density at radius 1 is 1.15 bits per heavy atom. The number of fused-ring (bicyclic) bond motifs is 1. The van der Waals surface area contributed by atoms with Crippen LogP contribution in [0.3, 0.4) is 0 Å². The number of nitrogens with zero attached hydrogens (tertiary/aromatic N) is 4. The SMILES string of the molecule is CCCN(CC)C1=NC(=O)/C(=C/c2ccc3c(cnn3Cc3ccc(C(F)(F)F)cc3C)c2)S1. The second-order valence-electron chi connectivity index (χ2n) is 8.15. The van der Waals surface area contributed by atoms with Crippen LogP contribution in [0.2, 0.25) is 0 Å². The van der Waals surface area contributed by atoms with E-state index in [0.717, 1.165) is 58.8 Å². The fourth-order valence-electron chi connectivity index (χ4n) is 3.88. The van der Waals surface area contributed by atoms with Crippen molar-refractivity contribution in [2.75, 3.05) is 13.1 Å². The van der Waals surface area contributed by atoms with Crippen LogP contribution in [0.1, 0.15) is 42.5 Å². The lowest BCUT2D eigenvalue weighted by Crippen LogP contribution is -2.28. The van der Waals surface area contributed by atoms with Crippen LogP contribution in [0.25, 0.3) is 17.0 Å². The average molecular weight is 487 g/mol. The quantitative estimate of drug-likeness (QED) is 0.394. The molecule has 0 N–H and O–H groups in total. The Kier molecular flexibility index (Phi) is 6.84. The standard InChI is InChI=1S/C25H25F3N4OS/c1-4-10-31(5-2)24-30-23(33)22(34-24)13-17-6-9-21-19(12-17)14-29-32(21)15-18-7-8-20(11-16(18)3)25(26,27)28/h6-9,11-14H,4-5,10,15H2,1-3H3/b22-13-. The molecule has 1 aliphatic rings. The molecule has 0 atom stereocenters. The van der Waals surface area contributed by atoms with Gasteiger partial charge in [-0.05, 0) is 79.1 Å². The van der Waals surface area contributed by atoms with Gasteiger partial charge in [0.1, 0.15) is 0 Å². The van der Waals surface area contributed by atoms with Gasteiger partial charge >= 0.3 is 6.18 Å². The molecule has 0 spiro atoms. The van der Waals surface area contributed by atoms with Crippen molar-refractivity contribution in [2.45, 2.75) is 39.9 Å². The molecule has 0 unspecified atom stereocenters. The van der Waals surface area contributed by atoms with Crippen molar-refractivity contribution in [2.24, 2.45) is 4.99 Å². The molecule has 1 aromatic heterocycles. The summed E-state index contributed by atoms with van der Waals surface area (Å²) in [6.07, 6.45) is 0.179. The van der Waals surface area contributed by atoms with E-state index in [9.17, 15) is 18.0 Å². The van der Waals surface area contributed by atoms with Crippen LogP contribution in [-0.4, -0.2) is 38.8 Å². The molecule has 0 bridgehead atoms. The van der Waals surface area contributed by atoms with Gasteiger partial charge in [0.05, 0.1) is 28.7 Å². The Morgan fingerprint density at radius 3 is 2.62 bits per heavy atom. The first-order valence-electron chi connectivity index (χ1n) is 11.1. The number of amides is 1. The lowest BCUT2D eigenvalue weighted by Gasteiger charge is -2.20. The molecular weight excluding hydrogens is 461 g/mol. The number of carbonyl (C=O) groups is 1. The molecule has 5 nitrogen and oxygen atoms in total. The Bertz CT molecular complexity index is 1290. The summed E-state index contributed by atoms with van der Waals surface area (Å²) in [7, 11) is 0. The van der Waals surface area contributed by atoms with E-state index in [1.807, 2.05) is 31.2 Å². The van der Waals surface area contributed by atoms with Crippen LogP contribution in [0.15, 0.2) is 52.5 Å². The highest BCUT2D eigenvalue weighted by molar-refractivity contribution is 8.18. The zero-order valence-electron chi connectivity index (χ0n) is 19.2. The molecule has 0 saturated carbocycles. The van der Waals surface area contributed by atoms with Gasteiger partial charge < -0.3 is 4.90 Å². The van der Waals surface area contributed by atoms with E-state index < -0.39 is 11.7 Å². The molecule has 0 fully saturated rings. The summed E-state index contributed by atoms with van der Waals surface area (Å²) >= 11 is 1.39. The number of rotatable bonds is 6. The van der Waals surface area contributed by atoms with E-state index >= 15 is 0 Å². The van der Waals surface area contributed by atoms with Crippen LogP contribution >= 0.6 is 11.8 Å². The number of aliphatic imine (C=N–C) groups is 1. The first kappa shape index (κ1) is 24.1. The van der Waals surface area contributed by atoms with Crippen molar-refractivity contribution in [3.8, 4) is 0 Å². The summed E-state index contributed by atoms with van der Waals surface area (Å²) in [5.41, 5.74) is 2.42. The number of hydrogen-bond donors (Lipinski definition) is 0. The smallest absolute Gasteiger partial charge is 0.351 e. The van der Waals surface area contributed by atoms with Gasteiger partial charge in [0, 0.05) is 18.5 Å². The fourth-order valence-corrected chi connectivity index (χ4v) is 4.88. The number of carbonyl (C=O) groups excluding carboxylic acids is 1. The van der Waals surface area contributed by atoms with Gasteiger partial charge in [-0.1, -0.05) is 19.1 Å². The number of thioether (sulfide) groups is 1. The second-order valence-corrected chi connectivity index (χ2v) is 9.16. The predicted octanol–water partition coefficient (Wildman–Crippen LogP) is 6.11. The van der Waals surface area contributed by atoms with Gasteiger partial charge in [0.25, 0.3) is 5.91 Å². The molecule has 0 radical (unpaired) electrons. The van der Waals surface area contributed by atoms with E-state index in [0.29, 0.717) is 17.0 Å². The minimum Gasteiger partial charge on any atom is -0.351 e. The van der Waals surface area contributed by atoms with Gasteiger partial charge in [-0.2, -0.15) is 23.3 Å². The third-order valence-electron chi connectivity index (χ3n) is 5.71. The third kappa shape index (κ3) is 5.04. The van der Waals surface area contributed by atoms with Crippen molar-refractivity contribution < 1.29 is 18.0 Å². The maximum absolute atomic E-state index is 13.0. The van der Waals surface area contributed by atoms with E-state index in [1.54, 1.807) is 17.8 Å². The maximum Gasteiger partial charge on any atom is 0.416 e. The van der Waals surface area contributed by atoms with Crippen LogP contribution < -0.4 is 0 Å². The second kappa shape index (κ2) is 9.66. The Labute approximate surface area is 200 Å². The summed E-state index contributed by atoms with van der Waals surface area (Å²) in [6, 6.07) is 9.53. The molecule has 1 aliphatic heterocycles. The molecule has 2 heterocycles. The summed E-state index contributed by atoms with van der Waals surface area (Å²) in [5, 5.41) is 6.05. The van der Waals surface area contributed by atoms with E-state index in [2.05, 4.69) is 21.9 Å². The predicted molar refractivity (Wildman–Crippen MR) is 131 cm³/mol. The lowest BCUT2D eigenvalue weighted by molar-refractivity contribution is -0.137. The number of halogens is 3. The summed E-state index contributed by atoms with van der Waals surface area (Å²) in [5.74, 6) is -0.233. The molecule has 2 aromatic carbocycles. The Hall–Kier alpha value is -3.07. The molecule has 0 aliphatic carbocycles. The highest BCUT2D eigenvalue weighted by atomic mass is 32.2.